The van der Waals surface area contributed by atoms with Crippen LogP contribution in [-0.2, 0) is 4.79 Å². The topological polar surface area (TPSA) is 39.0 Å². The minimum atomic E-state index is 0.174. The highest BCUT2D eigenvalue weighted by molar-refractivity contribution is 5.63. The molecule has 0 radical (unpaired) electrons. The smallest absolute Gasteiger partial charge is 0.138 e. The molecule has 2 atom stereocenters. The van der Waals surface area contributed by atoms with Gasteiger partial charge in [0.25, 0.3) is 0 Å². The standard InChI is InChI=1S/C7H13NO/c1-5(2)3-6-7(4-9)8-6/h4-8H,3H2,1-2H3. The Morgan fingerprint density at radius 1 is 1.67 bits per heavy atom. The van der Waals surface area contributed by atoms with Gasteiger partial charge in [-0.15, -0.1) is 0 Å². The van der Waals surface area contributed by atoms with Crippen LogP contribution in [-0.4, -0.2) is 18.4 Å². The molecule has 2 nitrogen and oxygen atoms in total. The van der Waals surface area contributed by atoms with E-state index >= 15 is 0 Å². The van der Waals surface area contributed by atoms with Gasteiger partial charge in [-0.3, -0.25) is 0 Å². The second-order valence-electron chi connectivity index (χ2n) is 3.06. The Bertz CT molecular complexity index is 111. The van der Waals surface area contributed by atoms with E-state index in [1.54, 1.807) is 0 Å². The molecule has 0 aromatic heterocycles. The van der Waals surface area contributed by atoms with Crippen LogP contribution in [0.4, 0.5) is 0 Å². The fourth-order valence-corrected chi connectivity index (χ4v) is 1.05. The van der Waals surface area contributed by atoms with Gasteiger partial charge in [-0.1, -0.05) is 13.8 Å². The average molecular weight is 127 g/mol. The van der Waals surface area contributed by atoms with Gasteiger partial charge in [0.2, 0.25) is 0 Å². The van der Waals surface area contributed by atoms with Crippen molar-refractivity contribution in [2.75, 3.05) is 0 Å². The normalized spacial score (nSPS) is 32.8. The molecule has 1 aliphatic heterocycles. The number of aldehydes is 1. The lowest BCUT2D eigenvalue weighted by Gasteiger charge is -1.98. The lowest BCUT2D eigenvalue weighted by atomic mass is 10.1. The maximum Gasteiger partial charge on any atom is 0.138 e. The van der Waals surface area contributed by atoms with Gasteiger partial charge in [0.15, 0.2) is 0 Å². The number of hydrogen-bond acceptors (Lipinski definition) is 2. The van der Waals surface area contributed by atoms with Crippen molar-refractivity contribution in [2.45, 2.75) is 32.4 Å². The Kier molecular flexibility index (Phi) is 1.86. The second-order valence-corrected chi connectivity index (χ2v) is 3.06. The molecule has 0 aliphatic carbocycles. The zero-order chi connectivity index (χ0) is 6.85. The number of carbonyl (C=O) groups excluding carboxylic acids is 1. The van der Waals surface area contributed by atoms with Crippen molar-refractivity contribution in [1.29, 1.82) is 0 Å². The molecule has 0 bridgehead atoms. The molecule has 0 aromatic rings. The van der Waals surface area contributed by atoms with Crippen LogP contribution in [0.15, 0.2) is 0 Å². The first kappa shape index (κ1) is 6.75. The third-order valence-electron chi connectivity index (χ3n) is 1.60. The molecular weight excluding hydrogens is 114 g/mol. The molecular formula is C7H13NO. The van der Waals surface area contributed by atoms with E-state index in [1.807, 2.05) is 0 Å². The van der Waals surface area contributed by atoms with Gasteiger partial charge in [0.1, 0.15) is 6.29 Å². The van der Waals surface area contributed by atoms with Gasteiger partial charge in [0.05, 0.1) is 6.04 Å². The molecule has 2 unspecified atom stereocenters. The van der Waals surface area contributed by atoms with Crippen LogP contribution < -0.4 is 5.32 Å². The quantitative estimate of drug-likeness (QED) is 0.444. The summed E-state index contributed by atoms with van der Waals surface area (Å²) < 4.78 is 0. The zero-order valence-electron chi connectivity index (χ0n) is 5.92. The molecule has 9 heavy (non-hydrogen) atoms. The van der Waals surface area contributed by atoms with E-state index < -0.39 is 0 Å². The van der Waals surface area contributed by atoms with Gasteiger partial charge in [-0.2, -0.15) is 0 Å². The van der Waals surface area contributed by atoms with E-state index in [0.717, 1.165) is 12.7 Å². The van der Waals surface area contributed by atoms with Crippen molar-refractivity contribution in [2.24, 2.45) is 5.92 Å². The number of hydrogen-bond donors (Lipinski definition) is 1. The van der Waals surface area contributed by atoms with E-state index in [0.29, 0.717) is 12.0 Å². The van der Waals surface area contributed by atoms with Crippen molar-refractivity contribution < 1.29 is 4.79 Å². The molecule has 0 saturated carbocycles. The van der Waals surface area contributed by atoms with E-state index in [9.17, 15) is 4.79 Å². The predicted octanol–water partition coefficient (Wildman–Crippen LogP) is 0.572. The molecule has 1 rings (SSSR count). The van der Waals surface area contributed by atoms with Crippen molar-refractivity contribution in [3.8, 4) is 0 Å². The molecule has 2 heteroatoms. The van der Waals surface area contributed by atoms with Gasteiger partial charge >= 0.3 is 0 Å². The fraction of sp³-hybridized carbons (Fsp3) is 0.857. The summed E-state index contributed by atoms with van der Waals surface area (Å²) in [5.41, 5.74) is 0. The Morgan fingerprint density at radius 2 is 2.33 bits per heavy atom. The third kappa shape index (κ3) is 1.79. The molecule has 0 amide bonds. The first-order chi connectivity index (χ1) is 4.24. The molecule has 1 heterocycles. The summed E-state index contributed by atoms with van der Waals surface area (Å²) in [4.78, 5) is 10.1. The lowest BCUT2D eigenvalue weighted by molar-refractivity contribution is -0.107. The lowest BCUT2D eigenvalue weighted by Crippen LogP contribution is -1.99. The minimum Gasteiger partial charge on any atom is -0.302 e. The summed E-state index contributed by atoms with van der Waals surface area (Å²) in [6, 6.07) is 0.662. The molecule has 1 saturated heterocycles. The first-order valence-corrected chi connectivity index (χ1v) is 3.45. The Labute approximate surface area is 55.6 Å². The molecule has 1 aliphatic rings. The average Bonchev–Trinajstić information content (AvgIpc) is 2.45. The van der Waals surface area contributed by atoms with E-state index in [-0.39, 0.29) is 6.04 Å². The van der Waals surface area contributed by atoms with Crippen LogP contribution in [0.25, 0.3) is 0 Å². The van der Waals surface area contributed by atoms with Crippen LogP contribution >= 0.6 is 0 Å². The van der Waals surface area contributed by atoms with Crippen molar-refractivity contribution in [3.05, 3.63) is 0 Å². The Balaban J connectivity index is 2.12. The Hall–Kier alpha value is -0.370. The highest BCUT2D eigenvalue weighted by Gasteiger charge is 2.35. The Morgan fingerprint density at radius 3 is 2.67 bits per heavy atom. The van der Waals surface area contributed by atoms with Crippen LogP contribution in [0.5, 0.6) is 0 Å². The first-order valence-electron chi connectivity index (χ1n) is 3.45. The maximum absolute atomic E-state index is 10.1. The highest BCUT2D eigenvalue weighted by atomic mass is 16.1. The summed E-state index contributed by atoms with van der Waals surface area (Å²) in [7, 11) is 0. The van der Waals surface area contributed by atoms with Crippen molar-refractivity contribution in [1.82, 2.24) is 5.32 Å². The highest BCUT2D eigenvalue weighted by Crippen LogP contribution is 2.17. The minimum absolute atomic E-state index is 0.174. The fourth-order valence-electron chi connectivity index (χ4n) is 1.05. The van der Waals surface area contributed by atoms with E-state index in [4.69, 9.17) is 0 Å². The largest absolute Gasteiger partial charge is 0.302 e. The van der Waals surface area contributed by atoms with E-state index in [1.165, 1.54) is 0 Å². The SMILES string of the molecule is CC(C)CC1NC1C=O. The van der Waals surface area contributed by atoms with Crippen LogP contribution in [0.3, 0.4) is 0 Å². The predicted molar refractivity (Wildman–Crippen MR) is 36.2 cm³/mol. The second kappa shape index (κ2) is 2.48. The van der Waals surface area contributed by atoms with Crippen LogP contribution in [0, 0.1) is 5.92 Å². The maximum atomic E-state index is 10.1. The molecule has 0 spiro atoms. The van der Waals surface area contributed by atoms with Crippen molar-refractivity contribution >= 4 is 6.29 Å². The number of carbonyl (C=O) groups is 1. The van der Waals surface area contributed by atoms with Gasteiger partial charge < -0.3 is 10.1 Å². The van der Waals surface area contributed by atoms with Gasteiger partial charge in [0, 0.05) is 6.04 Å². The van der Waals surface area contributed by atoms with Gasteiger partial charge in [-0.25, -0.2) is 0 Å². The van der Waals surface area contributed by atoms with Crippen LogP contribution in [0.2, 0.25) is 0 Å². The summed E-state index contributed by atoms with van der Waals surface area (Å²) in [5.74, 6) is 0.701. The summed E-state index contributed by atoms with van der Waals surface area (Å²) in [6.45, 7) is 4.34. The monoisotopic (exact) mass is 127 g/mol. The molecule has 52 valence electrons. The van der Waals surface area contributed by atoms with Crippen LogP contribution in [0.1, 0.15) is 20.3 Å². The summed E-state index contributed by atoms with van der Waals surface area (Å²) in [6.07, 6.45) is 2.12. The molecule has 0 aromatic carbocycles. The number of rotatable bonds is 3. The molecule has 1 N–H and O–H groups in total. The third-order valence-corrected chi connectivity index (χ3v) is 1.60. The zero-order valence-corrected chi connectivity index (χ0v) is 5.92. The van der Waals surface area contributed by atoms with E-state index in [2.05, 4.69) is 19.2 Å². The van der Waals surface area contributed by atoms with Gasteiger partial charge in [-0.05, 0) is 12.3 Å². The summed E-state index contributed by atoms with van der Waals surface area (Å²) >= 11 is 0. The van der Waals surface area contributed by atoms with Crippen molar-refractivity contribution in [3.63, 3.8) is 0 Å². The summed E-state index contributed by atoms with van der Waals surface area (Å²) in [5, 5.41) is 3.08. The molecule has 1 fully saturated rings. The number of nitrogens with one attached hydrogen (secondary N) is 1.